The van der Waals surface area contributed by atoms with Crippen LogP contribution in [0.15, 0.2) is 66.9 Å². The number of rotatable bonds is 6. The molecule has 1 amide bonds. The first-order valence-corrected chi connectivity index (χ1v) is 13.0. The number of ether oxygens (including phenoxy) is 1. The zero-order chi connectivity index (χ0) is 24.9. The molecule has 5 aromatic rings. The number of H-pyrrole nitrogens is 1. The van der Waals surface area contributed by atoms with Crippen LogP contribution in [0.5, 0.6) is 5.75 Å². The van der Waals surface area contributed by atoms with Gasteiger partial charge in [-0.15, -0.1) is 0 Å². The van der Waals surface area contributed by atoms with Gasteiger partial charge in [0.15, 0.2) is 0 Å². The Kier molecular flexibility index (Phi) is 5.23. The summed E-state index contributed by atoms with van der Waals surface area (Å²) in [6.07, 6.45) is 4.99. The Hall–Kier alpha value is -4.13. The number of fused-ring (bicyclic) bond motifs is 2. The van der Waals surface area contributed by atoms with E-state index in [9.17, 15) is 4.79 Å². The Bertz CT molecular complexity index is 1610. The minimum absolute atomic E-state index is 0.281. The van der Waals surface area contributed by atoms with Crippen LogP contribution in [-0.4, -0.2) is 50.8 Å². The molecular formula is C30H29N5O2. The zero-order valence-corrected chi connectivity index (χ0v) is 20.9. The number of nitrogens with zero attached hydrogens (tertiary/aromatic N) is 4. The lowest BCUT2D eigenvalue weighted by Gasteiger charge is -2.18. The van der Waals surface area contributed by atoms with E-state index < -0.39 is 0 Å². The number of aromatic amines is 1. The number of hydrogen-bond acceptors (Lipinski definition) is 4. The largest absolute Gasteiger partial charge is 0.497 e. The minimum atomic E-state index is 0.281. The number of aromatic nitrogens is 4. The molecule has 186 valence electrons. The quantitative estimate of drug-likeness (QED) is 0.340. The van der Waals surface area contributed by atoms with Crippen molar-refractivity contribution >= 4 is 27.8 Å². The first-order valence-electron chi connectivity index (χ1n) is 13.0. The standard InChI is InChI=1S/C30H29N5O2/c1-37-25-10-11-28-27(15-25)32-29(35(28)18-19-12-13-34(17-19)30(36)22-6-7-22)21-4-2-20(3-5-21)23-8-9-24-16-31-33-26(24)14-23/h2-5,8-11,14-16,19,22H,6-7,12-13,17-18H2,1H3,(H,31,33)/t19-/m0/s1. The number of carbonyl (C=O) groups is 1. The van der Waals surface area contributed by atoms with E-state index in [0.717, 1.165) is 89.1 Å². The summed E-state index contributed by atoms with van der Waals surface area (Å²) in [7, 11) is 1.68. The van der Waals surface area contributed by atoms with E-state index in [4.69, 9.17) is 9.72 Å². The molecule has 0 bridgehead atoms. The van der Waals surface area contributed by atoms with Crippen LogP contribution in [0.3, 0.4) is 0 Å². The van der Waals surface area contributed by atoms with E-state index in [-0.39, 0.29) is 5.92 Å². The molecule has 7 rings (SSSR count). The maximum absolute atomic E-state index is 12.6. The number of methoxy groups -OCH3 is 1. The molecule has 2 aromatic heterocycles. The molecule has 1 aliphatic carbocycles. The summed E-state index contributed by atoms with van der Waals surface area (Å²) in [5.41, 5.74) is 6.42. The summed E-state index contributed by atoms with van der Waals surface area (Å²) in [5.74, 6) is 2.80. The molecule has 37 heavy (non-hydrogen) atoms. The number of nitrogens with one attached hydrogen (secondary N) is 1. The number of likely N-dealkylation sites (tertiary alicyclic amines) is 1. The van der Waals surface area contributed by atoms with Crippen molar-refractivity contribution in [2.45, 2.75) is 25.8 Å². The van der Waals surface area contributed by atoms with Gasteiger partial charge < -0.3 is 14.2 Å². The van der Waals surface area contributed by atoms with Crippen molar-refractivity contribution in [2.75, 3.05) is 20.2 Å². The van der Waals surface area contributed by atoms with E-state index in [2.05, 4.69) is 68.2 Å². The summed E-state index contributed by atoms with van der Waals surface area (Å²) < 4.78 is 7.80. The number of hydrogen-bond donors (Lipinski definition) is 1. The molecule has 1 saturated heterocycles. The molecule has 3 aromatic carbocycles. The average Bonchev–Trinajstić information content (AvgIpc) is 3.33. The predicted molar refractivity (Wildman–Crippen MR) is 144 cm³/mol. The summed E-state index contributed by atoms with van der Waals surface area (Å²) in [5, 5.41) is 8.29. The molecule has 1 N–H and O–H groups in total. The zero-order valence-electron chi connectivity index (χ0n) is 20.9. The van der Waals surface area contributed by atoms with Crippen molar-refractivity contribution in [3.05, 3.63) is 66.9 Å². The average molecular weight is 492 g/mol. The molecule has 2 fully saturated rings. The number of carbonyl (C=O) groups excluding carboxylic acids is 1. The van der Waals surface area contributed by atoms with Crippen LogP contribution in [0.25, 0.3) is 44.5 Å². The molecule has 7 nitrogen and oxygen atoms in total. The fraction of sp³-hybridized carbons (Fsp3) is 0.300. The number of amides is 1. The van der Waals surface area contributed by atoms with E-state index >= 15 is 0 Å². The predicted octanol–water partition coefficient (Wildman–Crippen LogP) is 5.51. The van der Waals surface area contributed by atoms with Crippen LogP contribution in [0.4, 0.5) is 0 Å². The van der Waals surface area contributed by atoms with Crippen molar-refractivity contribution in [1.29, 1.82) is 0 Å². The minimum Gasteiger partial charge on any atom is -0.497 e. The Morgan fingerprint density at radius 3 is 2.62 bits per heavy atom. The molecule has 3 heterocycles. The summed E-state index contributed by atoms with van der Waals surface area (Å²) in [4.78, 5) is 19.8. The topological polar surface area (TPSA) is 76.0 Å². The van der Waals surface area contributed by atoms with Gasteiger partial charge in [-0.1, -0.05) is 36.4 Å². The van der Waals surface area contributed by atoms with Crippen LogP contribution in [0.2, 0.25) is 0 Å². The summed E-state index contributed by atoms with van der Waals surface area (Å²) >= 11 is 0. The van der Waals surface area contributed by atoms with Crippen LogP contribution in [0.1, 0.15) is 19.3 Å². The lowest BCUT2D eigenvalue weighted by molar-refractivity contribution is -0.131. The van der Waals surface area contributed by atoms with Crippen molar-refractivity contribution in [3.63, 3.8) is 0 Å². The lowest BCUT2D eigenvalue weighted by Crippen LogP contribution is -2.30. The van der Waals surface area contributed by atoms with Crippen LogP contribution in [-0.2, 0) is 11.3 Å². The number of imidazole rings is 1. The van der Waals surface area contributed by atoms with E-state index in [1.165, 1.54) is 0 Å². The van der Waals surface area contributed by atoms with Gasteiger partial charge in [0.05, 0.1) is 29.9 Å². The molecule has 2 aliphatic rings. The maximum Gasteiger partial charge on any atom is 0.225 e. The van der Waals surface area contributed by atoms with Crippen LogP contribution < -0.4 is 4.74 Å². The van der Waals surface area contributed by atoms with Crippen molar-refractivity contribution in [1.82, 2.24) is 24.6 Å². The summed E-state index contributed by atoms with van der Waals surface area (Å²) in [6, 6.07) is 21.1. The first kappa shape index (κ1) is 22.1. The number of benzene rings is 3. The Morgan fingerprint density at radius 2 is 1.81 bits per heavy atom. The van der Waals surface area contributed by atoms with E-state index in [0.29, 0.717) is 11.8 Å². The Labute approximate surface area is 215 Å². The molecule has 7 heteroatoms. The molecule has 1 aliphatic heterocycles. The summed E-state index contributed by atoms with van der Waals surface area (Å²) in [6.45, 7) is 2.54. The SMILES string of the molecule is COc1ccc2c(c1)nc(-c1ccc(-c3ccc4cn[nH]c4c3)cc1)n2C[C@H]1CCN(C(=O)C2CC2)C1. The van der Waals surface area contributed by atoms with Gasteiger partial charge in [0.2, 0.25) is 5.91 Å². The molecule has 0 spiro atoms. The monoisotopic (exact) mass is 491 g/mol. The normalized spacial score (nSPS) is 17.6. The van der Waals surface area contributed by atoms with Gasteiger partial charge in [0, 0.05) is 42.6 Å². The molecule has 1 saturated carbocycles. The third-order valence-corrected chi connectivity index (χ3v) is 7.84. The highest BCUT2D eigenvalue weighted by Gasteiger charge is 2.36. The fourth-order valence-electron chi connectivity index (χ4n) is 5.60. The van der Waals surface area contributed by atoms with Gasteiger partial charge in [-0.25, -0.2) is 4.98 Å². The lowest BCUT2D eigenvalue weighted by atomic mass is 10.0. The first-order chi connectivity index (χ1) is 18.2. The van der Waals surface area contributed by atoms with Gasteiger partial charge >= 0.3 is 0 Å². The Morgan fingerprint density at radius 1 is 1.00 bits per heavy atom. The molecule has 0 unspecified atom stereocenters. The molecule has 1 atom stereocenters. The fourth-order valence-corrected chi connectivity index (χ4v) is 5.60. The third kappa shape index (κ3) is 4.04. The van der Waals surface area contributed by atoms with Crippen LogP contribution >= 0.6 is 0 Å². The second kappa shape index (κ2) is 8.76. The van der Waals surface area contributed by atoms with E-state index in [1.54, 1.807) is 7.11 Å². The van der Waals surface area contributed by atoms with Crippen molar-refractivity contribution in [3.8, 4) is 28.3 Å². The third-order valence-electron chi connectivity index (χ3n) is 7.84. The second-order valence-corrected chi connectivity index (χ2v) is 10.4. The maximum atomic E-state index is 12.6. The Balaban J connectivity index is 1.22. The molecular weight excluding hydrogens is 462 g/mol. The van der Waals surface area contributed by atoms with Gasteiger partial charge in [-0.3, -0.25) is 9.89 Å². The van der Waals surface area contributed by atoms with Gasteiger partial charge in [0.1, 0.15) is 11.6 Å². The van der Waals surface area contributed by atoms with Crippen molar-refractivity contribution < 1.29 is 9.53 Å². The highest BCUT2D eigenvalue weighted by atomic mass is 16.5. The van der Waals surface area contributed by atoms with Crippen LogP contribution in [0, 0.1) is 11.8 Å². The van der Waals surface area contributed by atoms with Gasteiger partial charge in [-0.2, -0.15) is 5.10 Å². The highest BCUT2D eigenvalue weighted by molar-refractivity contribution is 5.85. The van der Waals surface area contributed by atoms with Crippen molar-refractivity contribution in [2.24, 2.45) is 11.8 Å². The van der Waals surface area contributed by atoms with E-state index in [1.807, 2.05) is 18.3 Å². The van der Waals surface area contributed by atoms with Gasteiger partial charge in [0.25, 0.3) is 0 Å². The smallest absolute Gasteiger partial charge is 0.225 e. The molecule has 0 radical (unpaired) electrons. The van der Waals surface area contributed by atoms with Gasteiger partial charge in [-0.05, 0) is 54.5 Å². The highest BCUT2D eigenvalue weighted by Crippen LogP contribution is 2.35. The second-order valence-electron chi connectivity index (χ2n) is 10.4.